The minimum atomic E-state index is 0.335. The molecule has 0 bridgehead atoms. The highest BCUT2D eigenvalue weighted by molar-refractivity contribution is 5.81. The molecule has 0 saturated carbocycles. The topological polar surface area (TPSA) is 25.2 Å². The van der Waals surface area contributed by atoms with Crippen LogP contribution >= 0.6 is 0 Å². The molecule has 1 heterocycles. The van der Waals surface area contributed by atoms with Gasteiger partial charge in [0.15, 0.2) is 0 Å². The summed E-state index contributed by atoms with van der Waals surface area (Å²) >= 11 is 0. The van der Waals surface area contributed by atoms with E-state index in [4.69, 9.17) is 4.42 Å². The van der Waals surface area contributed by atoms with Gasteiger partial charge in [-0.3, -0.25) is 0 Å². The maximum Gasteiger partial charge on any atom is 0.137 e. The Morgan fingerprint density at radius 2 is 1.81 bits per heavy atom. The molecule has 1 N–H and O–H groups in total. The van der Waals surface area contributed by atoms with Crippen molar-refractivity contribution in [3.63, 3.8) is 0 Å². The molecule has 0 radical (unpaired) electrons. The summed E-state index contributed by atoms with van der Waals surface area (Å²) in [6.45, 7) is 9.82. The first-order chi connectivity index (χ1) is 10.2. The number of hydrogen-bond acceptors (Lipinski definition) is 2. The third-order valence-electron chi connectivity index (χ3n) is 4.28. The molecule has 1 atom stereocenters. The molecule has 0 saturated heterocycles. The third kappa shape index (κ3) is 3.68. The average molecular weight is 287 g/mol. The molecule has 2 rings (SSSR count). The van der Waals surface area contributed by atoms with Gasteiger partial charge in [0.25, 0.3) is 0 Å². The van der Waals surface area contributed by atoms with E-state index in [1.807, 2.05) is 0 Å². The van der Waals surface area contributed by atoms with Crippen LogP contribution in [-0.2, 0) is 0 Å². The van der Waals surface area contributed by atoms with Crippen LogP contribution in [0.1, 0.15) is 63.8 Å². The molecule has 0 aliphatic rings. The second kappa shape index (κ2) is 7.65. The number of nitrogens with one attached hydrogen (secondary N) is 1. The van der Waals surface area contributed by atoms with E-state index in [-0.39, 0.29) is 0 Å². The molecule has 2 aromatic rings. The standard InChI is InChI=1S/C19H29NO/c1-5-9-15(10-6-2)18(20-7-3)17-13-16-12-8-11-14(4)19(16)21-17/h8,11-13,15,18,20H,5-7,9-10H2,1-4H3. The summed E-state index contributed by atoms with van der Waals surface area (Å²) in [5, 5.41) is 4.88. The van der Waals surface area contributed by atoms with Crippen molar-refractivity contribution in [3.05, 3.63) is 35.6 Å². The lowest BCUT2D eigenvalue weighted by Crippen LogP contribution is -2.28. The molecular formula is C19H29NO. The van der Waals surface area contributed by atoms with Gasteiger partial charge in [-0.1, -0.05) is 51.8 Å². The first kappa shape index (κ1) is 16.1. The van der Waals surface area contributed by atoms with Gasteiger partial charge in [-0.25, -0.2) is 0 Å². The maximum atomic E-state index is 6.22. The fourth-order valence-corrected chi connectivity index (χ4v) is 3.32. The van der Waals surface area contributed by atoms with Gasteiger partial charge in [0.05, 0.1) is 6.04 Å². The first-order valence-corrected chi connectivity index (χ1v) is 8.43. The zero-order valence-electron chi connectivity index (χ0n) is 13.9. The predicted octanol–water partition coefficient (Wildman–Crippen LogP) is 5.61. The van der Waals surface area contributed by atoms with Gasteiger partial charge in [-0.05, 0) is 43.9 Å². The Morgan fingerprint density at radius 1 is 1.10 bits per heavy atom. The van der Waals surface area contributed by atoms with E-state index in [0.29, 0.717) is 12.0 Å². The van der Waals surface area contributed by atoms with E-state index in [0.717, 1.165) is 17.9 Å². The maximum absolute atomic E-state index is 6.22. The Bertz CT molecular complexity index is 552. The highest BCUT2D eigenvalue weighted by atomic mass is 16.3. The van der Waals surface area contributed by atoms with Crippen molar-refractivity contribution >= 4 is 11.0 Å². The van der Waals surface area contributed by atoms with Crippen molar-refractivity contribution < 1.29 is 4.42 Å². The van der Waals surface area contributed by atoms with E-state index in [1.165, 1.54) is 36.6 Å². The van der Waals surface area contributed by atoms with Crippen LogP contribution in [0, 0.1) is 12.8 Å². The summed E-state index contributed by atoms with van der Waals surface area (Å²) < 4.78 is 6.22. The zero-order valence-corrected chi connectivity index (χ0v) is 13.9. The number of rotatable bonds is 8. The van der Waals surface area contributed by atoms with E-state index in [1.54, 1.807) is 0 Å². The van der Waals surface area contributed by atoms with E-state index >= 15 is 0 Å². The van der Waals surface area contributed by atoms with Crippen LogP contribution in [0.2, 0.25) is 0 Å². The molecule has 21 heavy (non-hydrogen) atoms. The number of fused-ring (bicyclic) bond motifs is 1. The molecule has 116 valence electrons. The molecule has 2 heteroatoms. The molecular weight excluding hydrogens is 258 g/mol. The van der Waals surface area contributed by atoms with E-state index < -0.39 is 0 Å². The molecule has 1 aromatic carbocycles. The van der Waals surface area contributed by atoms with Crippen LogP contribution in [0.3, 0.4) is 0 Å². The molecule has 2 nitrogen and oxygen atoms in total. The number of furan rings is 1. The molecule has 0 amide bonds. The van der Waals surface area contributed by atoms with Crippen molar-refractivity contribution in [2.75, 3.05) is 6.54 Å². The normalized spacial score (nSPS) is 13.2. The highest BCUT2D eigenvalue weighted by Crippen LogP contribution is 2.34. The minimum absolute atomic E-state index is 0.335. The van der Waals surface area contributed by atoms with E-state index in [9.17, 15) is 0 Å². The molecule has 1 unspecified atom stereocenters. The van der Waals surface area contributed by atoms with Crippen LogP contribution < -0.4 is 5.32 Å². The summed E-state index contributed by atoms with van der Waals surface area (Å²) in [5.74, 6) is 1.76. The lowest BCUT2D eigenvalue weighted by atomic mass is 9.89. The second-order valence-corrected chi connectivity index (χ2v) is 6.01. The fourth-order valence-electron chi connectivity index (χ4n) is 3.32. The SMILES string of the molecule is CCCC(CCC)C(NCC)c1cc2cccc(C)c2o1. The Labute approximate surface area is 128 Å². The van der Waals surface area contributed by atoms with Crippen LogP contribution in [0.4, 0.5) is 0 Å². The number of aryl methyl sites for hydroxylation is 1. The molecule has 0 aliphatic carbocycles. The summed E-state index contributed by atoms with van der Waals surface area (Å²) in [4.78, 5) is 0. The zero-order chi connectivity index (χ0) is 15.2. The first-order valence-electron chi connectivity index (χ1n) is 8.43. The quantitative estimate of drug-likeness (QED) is 0.682. The lowest BCUT2D eigenvalue weighted by molar-refractivity contribution is 0.285. The Morgan fingerprint density at radius 3 is 2.38 bits per heavy atom. The summed E-state index contributed by atoms with van der Waals surface area (Å²) in [7, 11) is 0. The largest absolute Gasteiger partial charge is 0.459 e. The van der Waals surface area contributed by atoms with Gasteiger partial charge in [-0.2, -0.15) is 0 Å². The van der Waals surface area contributed by atoms with Crippen LogP contribution in [0.5, 0.6) is 0 Å². The number of para-hydroxylation sites is 1. The Hall–Kier alpha value is -1.28. The highest BCUT2D eigenvalue weighted by Gasteiger charge is 2.24. The molecule has 1 aromatic heterocycles. The van der Waals surface area contributed by atoms with Crippen LogP contribution in [-0.4, -0.2) is 6.54 Å². The van der Waals surface area contributed by atoms with Crippen LogP contribution in [0.15, 0.2) is 28.7 Å². The Kier molecular flexibility index (Phi) is 5.86. The predicted molar refractivity (Wildman–Crippen MR) is 90.7 cm³/mol. The van der Waals surface area contributed by atoms with Crippen molar-refractivity contribution in [2.24, 2.45) is 5.92 Å². The van der Waals surface area contributed by atoms with Crippen molar-refractivity contribution in [1.82, 2.24) is 5.32 Å². The summed E-state index contributed by atoms with van der Waals surface area (Å²) in [5.41, 5.74) is 2.26. The average Bonchev–Trinajstić information content (AvgIpc) is 2.90. The van der Waals surface area contributed by atoms with Gasteiger partial charge in [0.2, 0.25) is 0 Å². The Balaban J connectivity index is 2.36. The smallest absolute Gasteiger partial charge is 0.137 e. The van der Waals surface area contributed by atoms with Gasteiger partial charge >= 0.3 is 0 Å². The molecule has 0 spiro atoms. The summed E-state index contributed by atoms with van der Waals surface area (Å²) in [6.07, 6.45) is 4.96. The molecule has 0 fully saturated rings. The van der Waals surface area contributed by atoms with Crippen LogP contribution in [0.25, 0.3) is 11.0 Å². The summed E-state index contributed by atoms with van der Waals surface area (Å²) in [6, 6.07) is 8.94. The molecule has 0 aliphatic heterocycles. The van der Waals surface area contributed by atoms with Gasteiger partial charge in [0.1, 0.15) is 11.3 Å². The van der Waals surface area contributed by atoms with Gasteiger partial charge < -0.3 is 9.73 Å². The third-order valence-corrected chi connectivity index (χ3v) is 4.28. The van der Waals surface area contributed by atoms with Crippen molar-refractivity contribution in [2.45, 2.75) is 59.4 Å². The van der Waals surface area contributed by atoms with Crippen molar-refractivity contribution in [3.8, 4) is 0 Å². The number of benzene rings is 1. The lowest BCUT2D eigenvalue weighted by Gasteiger charge is -2.25. The second-order valence-electron chi connectivity index (χ2n) is 6.01. The van der Waals surface area contributed by atoms with Gasteiger partial charge in [-0.15, -0.1) is 0 Å². The van der Waals surface area contributed by atoms with Gasteiger partial charge in [0, 0.05) is 5.39 Å². The monoisotopic (exact) mass is 287 g/mol. The number of hydrogen-bond donors (Lipinski definition) is 1. The minimum Gasteiger partial charge on any atom is -0.459 e. The van der Waals surface area contributed by atoms with Crippen molar-refractivity contribution in [1.29, 1.82) is 0 Å². The fraction of sp³-hybridized carbons (Fsp3) is 0.579. The van der Waals surface area contributed by atoms with E-state index in [2.05, 4.69) is 57.3 Å².